The van der Waals surface area contributed by atoms with Crippen LogP contribution in [-0.4, -0.2) is 45.2 Å². The Labute approximate surface area is 154 Å². The molecule has 0 amide bonds. The van der Waals surface area contributed by atoms with Gasteiger partial charge in [-0.25, -0.2) is 9.50 Å². The Hall–Kier alpha value is -2.61. The second kappa shape index (κ2) is 6.84. The van der Waals surface area contributed by atoms with E-state index in [1.54, 1.807) is 22.8 Å². The average Bonchev–Trinajstić information content (AvgIpc) is 3.27. The highest BCUT2D eigenvalue weighted by Crippen LogP contribution is 2.31. The number of nitrogens with zero attached hydrogens (tertiary/aromatic N) is 4. The normalized spacial score (nSPS) is 18.3. The van der Waals surface area contributed by atoms with Crippen molar-refractivity contribution in [3.8, 4) is 17.1 Å². The first-order valence-electron chi connectivity index (χ1n) is 8.85. The Bertz CT molecular complexity index is 936. The molecule has 1 aromatic carbocycles. The topological polar surface area (TPSA) is 42.7 Å². The van der Waals surface area contributed by atoms with Crippen LogP contribution in [0.2, 0.25) is 0 Å². The standard InChI is InChI=1S/C19H19F3N4O/c1-2-25-10-9-15(12-25)27-18-8-7-17-23-11-16(26(17)24-18)13-3-5-14(6-4-13)19(20,21)22/h3-8,11,15H,2,9-10,12H2,1H3. The van der Waals surface area contributed by atoms with Gasteiger partial charge in [0.15, 0.2) is 5.65 Å². The van der Waals surface area contributed by atoms with Crippen molar-refractivity contribution in [1.29, 1.82) is 0 Å². The lowest BCUT2D eigenvalue weighted by Crippen LogP contribution is -2.24. The lowest BCUT2D eigenvalue weighted by Gasteiger charge is -2.14. The van der Waals surface area contributed by atoms with Gasteiger partial charge >= 0.3 is 6.18 Å². The molecule has 3 aromatic rings. The second-order valence-electron chi connectivity index (χ2n) is 6.58. The number of likely N-dealkylation sites (N-methyl/N-ethyl adjacent to an activating group) is 1. The van der Waals surface area contributed by atoms with Crippen LogP contribution in [0.4, 0.5) is 13.2 Å². The molecule has 0 spiro atoms. The van der Waals surface area contributed by atoms with E-state index < -0.39 is 11.7 Å². The number of ether oxygens (including phenoxy) is 1. The smallest absolute Gasteiger partial charge is 0.416 e. The summed E-state index contributed by atoms with van der Waals surface area (Å²) in [6, 6.07) is 8.55. The predicted molar refractivity (Wildman–Crippen MR) is 94.6 cm³/mol. The highest BCUT2D eigenvalue weighted by molar-refractivity contribution is 5.63. The Balaban J connectivity index is 1.60. The fourth-order valence-electron chi connectivity index (χ4n) is 3.30. The first-order chi connectivity index (χ1) is 12.9. The molecule has 1 atom stereocenters. The number of likely N-dealkylation sites (tertiary alicyclic amines) is 1. The molecule has 1 saturated heterocycles. The number of rotatable bonds is 4. The Morgan fingerprint density at radius 3 is 2.59 bits per heavy atom. The lowest BCUT2D eigenvalue weighted by atomic mass is 10.1. The highest BCUT2D eigenvalue weighted by atomic mass is 19.4. The fourth-order valence-corrected chi connectivity index (χ4v) is 3.30. The average molecular weight is 376 g/mol. The quantitative estimate of drug-likeness (QED) is 0.693. The maximum Gasteiger partial charge on any atom is 0.416 e. The molecule has 0 aliphatic carbocycles. The summed E-state index contributed by atoms with van der Waals surface area (Å²) in [5.74, 6) is 0.483. The van der Waals surface area contributed by atoms with Crippen LogP contribution >= 0.6 is 0 Å². The van der Waals surface area contributed by atoms with Crippen LogP contribution in [-0.2, 0) is 6.18 Å². The largest absolute Gasteiger partial charge is 0.472 e. The van der Waals surface area contributed by atoms with Crippen LogP contribution < -0.4 is 4.74 Å². The summed E-state index contributed by atoms with van der Waals surface area (Å²) < 4.78 is 45.9. The second-order valence-corrected chi connectivity index (χ2v) is 6.58. The van der Waals surface area contributed by atoms with Crippen molar-refractivity contribution < 1.29 is 17.9 Å². The van der Waals surface area contributed by atoms with Gasteiger partial charge in [-0.2, -0.15) is 13.2 Å². The van der Waals surface area contributed by atoms with E-state index in [4.69, 9.17) is 4.74 Å². The Morgan fingerprint density at radius 2 is 1.93 bits per heavy atom. The van der Waals surface area contributed by atoms with Crippen LogP contribution in [0.15, 0.2) is 42.6 Å². The molecule has 4 rings (SSSR count). The molecule has 1 fully saturated rings. The van der Waals surface area contributed by atoms with Crippen LogP contribution in [0.1, 0.15) is 18.9 Å². The summed E-state index contributed by atoms with van der Waals surface area (Å²) in [7, 11) is 0. The number of alkyl halides is 3. The van der Waals surface area contributed by atoms with E-state index in [1.165, 1.54) is 12.1 Å². The molecule has 0 radical (unpaired) electrons. The summed E-state index contributed by atoms with van der Waals surface area (Å²) in [4.78, 5) is 6.59. The molecule has 8 heteroatoms. The molecule has 142 valence electrons. The maximum absolute atomic E-state index is 12.8. The molecule has 1 aliphatic heterocycles. The summed E-state index contributed by atoms with van der Waals surface area (Å²) >= 11 is 0. The van der Waals surface area contributed by atoms with Crippen LogP contribution in [0.5, 0.6) is 5.88 Å². The van der Waals surface area contributed by atoms with E-state index in [-0.39, 0.29) is 6.10 Å². The zero-order chi connectivity index (χ0) is 19.0. The fraction of sp³-hybridized carbons (Fsp3) is 0.368. The number of fused-ring (bicyclic) bond motifs is 1. The van der Waals surface area contributed by atoms with Crippen molar-refractivity contribution >= 4 is 5.65 Å². The minimum Gasteiger partial charge on any atom is -0.472 e. The number of imidazole rings is 1. The minimum absolute atomic E-state index is 0.0907. The summed E-state index contributed by atoms with van der Waals surface area (Å²) in [5.41, 5.74) is 1.15. The van der Waals surface area contributed by atoms with Gasteiger partial charge in [0.25, 0.3) is 0 Å². The molecule has 27 heavy (non-hydrogen) atoms. The maximum atomic E-state index is 12.8. The number of halogens is 3. The van der Waals surface area contributed by atoms with Crippen LogP contribution in [0, 0.1) is 0 Å². The molecule has 5 nitrogen and oxygen atoms in total. The molecule has 0 saturated carbocycles. The predicted octanol–water partition coefficient (Wildman–Crippen LogP) is 3.89. The van der Waals surface area contributed by atoms with Gasteiger partial charge in [-0.15, -0.1) is 5.10 Å². The van der Waals surface area contributed by atoms with Crippen molar-refractivity contribution in [3.05, 3.63) is 48.2 Å². The number of hydrogen-bond donors (Lipinski definition) is 0. The SMILES string of the molecule is CCN1CCC(Oc2ccc3ncc(-c4ccc(C(F)(F)F)cc4)n3n2)C1. The van der Waals surface area contributed by atoms with E-state index in [0.717, 1.165) is 38.2 Å². The van der Waals surface area contributed by atoms with Crippen molar-refractivity contribution in [1.82, 2.24) is 19.5 Å². The zero-order valence-corrected chi connectivity index (χ0v) is 14.8. The summed E-state index contributed by atoms with van der Waals surface area (Å²) in [6.07, 6.45) is -1.72. The zero-order valence-electron chi connectivity index (χ0n) is 14.8. The van der Waals surface area contributed by atoms with Crippen molar-refractivity contribution in [2.24, 2.45) is 0 Å². The van der Waals surface area contributed by atoms with Gasteiger partial charge in [-0.1, -0.05) is 19.1 Å². The van der Waals surface area contributed by atoms with Gasteiger partial charge in [0, 0.05) is 24.7 Å². The van der Waals surface area contributed by atoms with Crippen molar-refractivity contribution in [3.63, 3.8) is 0 Å². The number of benzene rings is 1. The first-order valence-corrected chi connectivity index (χ1v) is 8.85. The number of hydrogen-bond acceptors (Lipinski definition) is 4. The van der Waals surface area contributed by atoms with E-state index in [2.05, 4.69) is 21.9 Å². The van der Waals surface area contributed by atoms with E-state index >= 15 is 0 Å². The van der Waals surface area contributed by atoms with Gasteiger partial charge < -0.3 is 4.74 Å². The van der Waals surface area contributed by atoms with E-state index in [9.17, 15) is 13.2 Å². The van der Waals surface area contributed by atoms with Gasteiger partial charge in [0.2, 0.25) is 5.88 Å². The van der Waals surface area contributed by atoms with Gasteiger partial charge in [-0.3, -0.25) is 4.90 Å². The molecule has 1 unspecified atom stereocenters. The molecule has 0 N–H and O–H groups in total. The Morgan fingerprint density at radius 1 is 1.15 bits per heavy atom. The molecule has 3 heterocycles. The van der Waals surface area contributed by atoms with Crippen molar-refractivity contribution in [2.45, 2.75) is 25.6 Å². The molecule has 2 aromatic heterocycles. The van der Waals surface area contributed by atoms with Gasteiger partial charge in [0.05, 0.1) is 17.5 Å². The molecule has 1 aliphatic rings. The molecule has 0 bridgehead atoms. The van der Waals surface area contributed by atoms with Crippen LogP contribution in [0.3, 0.4) is 0 Å². The third-order valence-electron chi connectivity index (χ3n) is 4.81. The third-order valence-corrected chi connectivity index (χ3v) is 4.81. The van der Waals surface area contributed by atoms with E-state index in [1.807, 2.05) is 0 Å². The van der Waals surface area contributed by atoms with Crippen LogP contribution in [0.25, 0.3) is 16.9 Å². The summed E-state index contributed by atoms with van der Waals surface area (Å²) in [5, 5.41) is 4.49. The minimum atomic E-state index is -4.36. The van der Waals surface area contributed by atoms with Crippen molar-refractivity contribution in [2.75, 3.05) is 19.6 Å². The first kappa shape index (κ1) is 17.8. The third kappa shape index (κ3) is 3.62. The Kier molecular flexibility index (Phi) is 4.51. The van der Waals surface area contributed by atoms with Gasteiger partial charge in [-0.05, 0) is 31.2 Å². The molecular formula is C19H19F3N4O. The lowest BCUT2D eigenvalue weighted by molar-refractivity contribution is -0.137. The monoisotopic (exact) mass is 376 g/mol. The summed E-state index contributed by atoms with van der Waals surface area (Å²) in [6.45, 7) is 4.98. The number of aromatic nitrogens is 3. The molecular weight excluding hydrogens is 357 g/mol. The van der Waals surface area contributed by atoms with E-state index in [0.29, 0.717) is 22.8 Å². The highest BCUT2D eigenvalue weighted by Gasteiger charge is 2.30. The van der Waals surface area contributed by atoms with Gasteiger partial charge in [0.1, 0.15) is 6.10 Å².